The van der Waals surface area contributed by atoms with Gasteiger partial charge in [0.25, 0.3) is 5.91 Å². The molecule has 2 aromatic heterocycles. The van der Waals surface area contributed by atoms with E-state index in [0.29, 0.717) is 17.3 Å². The Morgan fingerprint density at radius 1 is 1.35 bits per heavy atom. The lowest BCUT2D eigenvalue weighted by Gasteiger charge is -2.09. The maximum atomic E-state index is 11.9. The second kappa shape index (κ2) is 6.71. The smallest absolute Gasteiger partial charge is 0.258 e. The summed E-state index contributed by atoms with van der Waals surface area (Å²) in [5.41, 5.74) is 2.54. The predicted octanol–water partition coefficient (Wildman–Crippen LogP) is 2.99. The molecule has 0 aliphatic carbocycles. The summed E-state index contributed by atoms with van der Waals surface area (Å²) >= 11 is 5.89. The summed E-state index contributed by atoms with van der Waals surface area (Å²) < 4.78 is 7.42. The Morgan fingerprint density at radius 3 is 3.00 bits per heavy atom. The predicted molar refractivity (Wildman–Crippen MR) is 88.7 cm³/mol. The summed E-state index contributed by atoms with van der Waals surface area (Å²) in [5.74, 6) is 0.452. The molecule has 1 amide bonds. The van der Waals surface area contributed by atoms with Crippen molar-refractivity contribution >= 4 is 23.2 Å². The number of imidazole rings is 1. The standard InChI is InChI=1S/C17H16ClN3O2/c1-12-8-13(18)5-6-15(12)23-11-17(22)19-9-14-10-21-7-3-2-4-16(21)20-14/h2-8,10H,9,11H2,1H3,(H,19,22). The number of aromatic nitrogens is 2. The molecule has 0 unspecified atom stereocenters. The first-order chi connectivity index (χ1) is 11.1. The van der Waals surface area contributed by atoms with Crippen LogP contribution in [0.4, 0.5) is 0 Å². The lowest BCUT2D eigenvalue weighted by Crippen LogP contribution is -2.28. The maximum Gasteiger partial charge on any atom is 0.258 e. The van der Waals surface area contributed by atoms with Crippen LogP contribution in [0.15, 0.2) is 48.8 Å². The topological polar surface area (TPSA) is 55.6 Å². The average molecular weight is 330 g/mol. The normalized spacial score (nSPS) is 10.7. The summed E-state index contributed by atoms with van der Waals surface area (Å²) in [6, 6.07) is 11.1. The molecule has 0 bridgehead atoms. The zero-order chi connectivity index (χ0) is 16.2. The largest absolute Gasteiger partial charge is 0.484 e. The molecule has 0 radical (unpaired) electrons. The van der Waals surface area contributed by atoms with Gasteiger partial charge in [0.15, 0.2) is 6.61 Å². The number of rotatable bonds is 5. The van der Waals surface area contributed by atoms with Crippen molar-refractivity contribution < 1.29 is 9.53 Å². The van der Waals surface area contributed by atoms with E-state index in [2.05, 4.69) is 10.3 Å². The Morgan fingerprint density at radius 2 is 2.22 bits per heavy atom. The van der Waals surface area contributed by atoms with E-state index < -0.39 is 0 Å². The van der Waals surface area contributed by atoms with E-state index in [1.165, 1.54) is 0 Å². The number of fused-ring (bicyclic) bond motifs is 1. The summed E-state index contributed by atoms with van der Waals surface area (Å²) in [5, 5.41) is 3.44. The number of carbonyl (C=O) groups is 1. The van der Waals surface area contributed by atoms with E-state index in [-0.39, 0.29) is 12.5 Å². The Bertz CT molecular complexity index is 812. The molecule has 5 nitrogen and oxygen atoms in total. The van der Waals surface area contributed by atoms with E-state index >= 15 is 0 Å². The van der Waals surface area contributed by atoms with Crippen LogP contribution < -0.4 is 10.1 Å². The molecule has 0 fully saturated rings. The van der Waals surface area contributed by atoms with Gasteiger partial charge in [-0.15, -0.1) is 0 Å². The average Bonchev–Trinajstić information content (AvgIpc) is 2.95. The third-order valence-corrected chi connectivity index (χ3v) is 3.61. The second-order valence-electron chi connectivity index (χ2n) is 5.17. The summed E-state index contributed by atoms with van der Waals surface area (Å²) in [6.45, 7) is 2.20. The summed E-state index contributed by atoms with van der Waals surface area (Å²) in [4.78, 5) is 16.3. The number of carbonyl (C=O) groups excluding carboxylic acids is 1. The Balaban J connectivity index is 1.53. The number of pyridine rings is 1. The second-order valence-corrected chi connectivity index (χ2v) is 5.61. The minimum Gasteiger partial charge on any atom is -0.484 e. The van der Waals surface area contributed by atoms with Gasteiger partial charge in [-0.3, -0.25) is 4.79 Å². The lowest BCUT2D eigenvalue weighted by atomic mass is 10.2. The number of amides is 1. The van der Waals surface area contributed by atoms with Crippen molar-refractivity contribution in [2.45, 2.75) is 13.5 Å². The Hall–Kier alpha value is -2.53. The fourth-order valence-electron chi connectivity index (χ4n) is 2.23. The van der Waals surface area contributed by atoms with Gasteiger partial charge in [-0.2, -0.15) is 0 Å². The molecule has 23 heavy (non-hydrogen) atoms. The number of hydrogen-bond donors (Lipinski definition) is 1. The van der Waals surface area contributed by atoms with Crippen LogP contribution in [0.3, 0.4) is 0 Å². The van der Waals surface area contributed by atoms with Gasteiger partial charge in [-0.1, -0.05) is 17.7 Å². The molecule has 0 aliphatic rings. The number of nitrogens with one attached hydrogen (secondary N) is 1. The third kappa shape index (κ3) is 3.81. The highest BCUT2D eigenvalue weighted by Crippen LogP contribution is 2.21. The van der Waals surface area contributed by atoms with E-state index in [9.17, 15) is 4.79 Å². The van der Waals surface area contributed by atoms with Crippen molar-refractivity contribution in [1.82, 2.24) is 14.7 Å². The number of ether oxygens (including phenoxy) is 1. The van der Waals surface area contributed by atoms with Gasteiger partial charge in [0.05, 0.1) is 12.2 Å². The molecule has 0 aliphatic heterocycles. The molecule has 1 N–H and O–H groups in total. The van der Waals surface area contributed by atoms with E-state index in [4.69, 9.17) is 16.3 Å². The fourth-order valence-corrected chi connectivity index (χ4v) is 2.46. The van der Waals surface area contributed by atoms with Gasteiger partial charge in [0.1, 0.15) is 11.4 Å². The van der Waals surface area contributed by atoms with Crippen LogP contribution >= 0.6 is 11.6 Å². The molecular weight excluding hydrogens is 314 g/mol. The van der Waals surface area contributed by atoms with Gasteiger partial charge in [-0.25, -0.2) is 4.98 Å². The molecule has 3 rings (SSSR count). The maximum absolute atomic E-state index is 11.9. The van der Waals surface area contributed by atoms with Gasteiger partial charge in [0, 0.05) is 17.4 Å². The van der Waals surface area contributed by atoms with Crippen LogP contribution in [0.1, 0.15) is 11.3 Å². The van der Waals surface area contributed by atoms with Gasteiger partial charge >= 0.3 is 0 Å². The van der Waals surface area contributed by atoms with Crippen LogP contribution in [0.25, 0.3) is 5.65 Å². The molecule has 0 spiro atoms. The third-order valence-electron chi connectivity index (χ3n) is 3.38. The minimum atomic E-state index is -0.198. The number of nitrogens with zero attached hydrogens (tertiary/aromatic N) is 2. The molecule has 0 saturated heterocycles. The van der Waals surface area contributed by atoms with Crippen molar-refractivity contribution in [3.8, 4) is 5.75 Å². The number of hydrogen-bond acceptors (Lipinski definition) is 3. The minimum absolute atomic E-state index is 0.0458. The van der Waals surface area contributed by atoms with E-state index in [1.807, 2.05) is 41.9 Å². The quantitative estimate of drug-likeness (QED) is 0.783. The number of aryl methyl sites for hydroxylation is 1. The highest BCUT2D eigenvalue weighted by atomic mass is 35.5. The molecule has 3 aromatic rings. The first kappa shape index (κ1) is 15.4. The number of benzene rings is 1. The van der Waals surface area contributed by atoms with Crippen molar-refractivity contribution in [2.24, 2.45) is 0 Å². The van der Waals surface area contributed by atoms with Crippen LogP contribution in [0.2, 0.25) is 5.02 Å². The van der Waals surface area contributed by atoms with Gasteiger partial charge < -0.3 is 14.5 Å². The van der Waals surface area contributed by atoms with Gasteiger partial charge in [-0.05, 0) is 42.8 Å². The zero-order valence-electron chi connectivity index (χ0n) is 12.6. The van der Waals surface area contributed by atoms with Crippen molar-refractivity contribution in [2.75, 3.05) is 6.61 Å². The summed E-state index contributed by atoms with van der Waals surface area (Å²) in [7, 11) is 0. The molecule has 0 saturated carbocycles. The Labute approximate surface area is 138 Å². The first-order valence-corrected chi connectivity index (χ1v) is 7.58. The SMILES string of the molecule is Cc1cc(Cl)ccc1OCC(=O)NCc1cn2ccccc2n1. The van der Waals surface area contributed by atoms with Crippen LogP contribution in [0, 0.1) is 6.92 Å². The lowest BCUT2D eigenvalue weighted by molar-refractivity contribution is -0.123. The fraction of sp³-hybridized carbons (Fsp3) is 0.176. The first-order valence-electron chi connectivity index (χ1n) is 7.20. The molecule has 2 heterocycles. The van der Waals surface area contributed by atoms with Crippen molar-refractivity contribution in [3.05, 3.63) is 65.1 Å². The number of halogens is 1. The molecule has 0 atom stereocenters. The molecule has 6 heteroatoms. The molecular formula is C17H16ClN3O2. The van der Waals surface area contributed by atoms with Crippen LogP contribution in [-0.2, 0) is 11.3 Å². The summed E-state index contributed by atoms with van der Waals surface area (Å²) in [6.07, 6.45) is 3.81. The van der Waals surface area contributed by atoms with E-state index in [1.54, 1.807) is 18.2 Å². The molecule has 1 aromatic carbocycles. The Kier molecular flexibility index (Phi) is 4.48. The van der Waals surface area contributed by atoms with Gasteiger partial charge in [0.2, 0.25) is 0 Å². The van der Waals surface area contributed by atoms with Crippen molar-refractivity contribution in [1.29, 1.82) is 0 Å². The van der Waals surface area contributed by atoms with Crippen LogP contribution in [0.5, 0.6) is 5.75 Å². The zero-order valence-corrected chi connectivity index (χ0v) is 13.4. The highest BCUT2D eigenvalue weighted by molar-refractivity contribution is 6.30. The van der Waals surface area contributed by atoms with Crippen LogP contribution in [-0.4, -0.2) is 21.9 Å². The van der Waals surface area contributed by atoms with E-state index in [0.717, 1.165) is 16.9 Å². The monoisotopic (exact) mass is 329 g/mol. The van der Waals surface area contributed by atoms with Crippen molar-refractivity contribution in [3.63, 3.8) is 0 Å². The highest BCUT2D eigenvalue weighted by Gasteiger charge is 2.07. The molecule has 118 valence electrons.